The Morgan fingerprint density at radius 1 is 1.04 bits per heavy atom. The zero-order valence-electron chi connectivity index (χ0n) is 15.0. The highest BCUT2D eigenvalue weighted by molar-refractivity contribution is 7.99. The van der Waals surface area contributed by atoms with Crippen LogP contribution in [0.15, 0.2) is 53.4 Å². The highest BCUT2D eigenvalue weighted by Crippen LogP contribution is 2.17. The number of amides is 1. The number of thioether (sulfide) groups is 1. The summed E-state index contributed by atoms with van der Waals surface area (Å²) in [4.78, 5) is 24.8. The highest BCUT2D eigenvalue weighted by atomic mass is 32.2. The number of hydrogen-bond donors (Lipinski definition) is 1. The fourth-order valence-electron chi connectivity index (χ4n) is 2.16. The molecule has 0 fully saturated rings. The molecule has 138 valence electrons. The summed E-state index contributed by atoms with van der Waals surface area (Å²) >= 11 is 1.66. The molecule has 0 aromatic heterocycles. The van der Waals surface area contributed by atoms with Gasteiger partial charge in [0.2, 0.25) is 0 Å². The summed E-state index contributed by atoms with van der Waals surface area (Å²) < 4.78 is 10.0. The molecule has 0 unspecified atom stereocenters. The van der Waals surface area contributed by atoms with Gasteiger partial charge in [0.05, 0.1) is 12.2 Å². The average Bonchev–Trinajstić information content (AvgIpc) is 2.65. The van der Waals surface area contributed by atoms with Crippen molar-refractivity contribution in [2.75, 3.05) is 26.0 Å². The van der Waals surface area contributed by atoms with Crippen LogP contribution >= 0.6 is 11.8 Å². The maximum Gasteiger partial charge on any atom is 0.338 e. The van der Waals surface area contributed by atoms with Crippen LogP contribution in [0.2, 0.25) is 0 Å². The predicted molar refractivity (Wildman–Crippen MR) is 102 cm³/mol. The van der Waals surface area contributed by atoms with E-state index in [9.17, 15) is 9.59 Å². The van der Waals surface area contributed by atoms with Crippen molar-refractivity contribution in [2.45, 2.75) is 18.4 Å². The van der Waals surface area contributed by atoms with Crippen molar-refractivity contribution in [2.24, 2.45) is 0 Å². The fraction of sp³-hybridized carbons (Fsp3) is 0.300. The van der Waals surface area contributed by atoms with Crippen molar-refractivity contribution in [3.05, 3.63) is 65.2 Å². The lowest BCUT2D eigenvalue weighted by molar-refractivity contribution is -0.124. The molecule has 5 nitrogen and oxygen atoms in total. The van der Waals surface area contributed by atoms with E-state index in [0.29, 0.717) is 18.7 Å². The fourth-order valence-corrected chi connectivity index (χ4v) is 2.93. The molecule has 1 N–H and O–H groups in total. The summed E-state index contributed by atoms with van der Waals surface area (Å²) in [7, 11) is 1.61. The molecule has 0 atom stereocenters. The summed E-state index contributed by atoms with van der Waals surface area (Å²) in [5.41, 5.74) is 2.60. The molecule has 26 heavy (non-hydrogen) atoms. The molecule has 0 radical (unpaired) electrons. The molecule has 0 aliphatic carbocycles. The maximum absolute atomic E-state index is 11.9. The van der Waals surface area contributed by atoms with Gasteiger partial charge in [-0.05, 0) is 36.8 Å². The van der Waals surface area contributed by atoms with Crippen molar-refractivity contribution in [3.8, 4) is 0 Å². The van der Waals surface area contributed by atoms with Gasteiger partial charge in [-0.1, -0.05) is 29.8 Å². The third kappa shape index (κ3) is 6.90. The zero-order chi connectivity index (χ0) is 18.8. The molecule has 0 aliphatic rings. The van der Waals surface area contributed by atoms with Gasteiger partial charge in [-0.15, -0.1) is 11.8 Å². The lowest BCUT2D eigenvalue weighted by Gasteiger charge is -2.07. The zero-order valence-corrected chi connectivity index (χ0v) is 15.8. The number of carbonyl (C=O) groups excluding carboxylic acids is 2. The predicted octanol–water partition coefficient (Wildman–Crippen LogP) is 3.21. The Balaban J connectivity index is 1.64. The molecule has 2 aromatic rings. The van der Waals surface area contributed by atoms with E-state index in [1.165, 1.54) is 5.56 Å². The van der Waals surface area contributed by atoms with Crippen LogP contribution in [0.1, 0.15) is 21.5 Å². The van der Waals surface area contributed by atoms with Crippen LogP contribution < -0.4 is 5.32 Å². The second kappa shape index (κ2) is 10.6. The second-order valence-corrected chi connectivity index (χ2v) is 6.89. The van der Waals surface area contributed by atoms with Gasteiger partial charge in [-0.25, -0.2) is 4.79 Å². The molecule has 6 heteroatoms. The van der Waals surface area contributed by atoms with Crippen LogP contribution in [-0.2, 0) is 20.9 Å². The van der Waals surface area contributed by atoms with Gasteiger partial charge in [0.1, 0.15) is 0 Å². The van der Waals surface area contributed by atoms with E-state index >= 15 is 0 Å². The van der Waals surface area contributed by atoms with Gasteiger partial charge in [-0.2, -0.15) is 0 Å². The lowest BCUT2D eigenvalue weighted by Crippen LogP contribution is -2.30. The lowest BCUT2D eigenvalue weighted by atomic mass is 10.1. The Morgan fingerprint density at radius 3 is 2.38 bits per heavy atom. The van der Waals surface area contributed by atoms with Crippen molar-refractivity contribution in [1.29, 1.82) is 0 Å². The third-order valence-electron chi connectivity index (χ3n) is 3.55. The minimum Gasteiger partial charge on any atom is -0.452 e. The number of hydrogen-bond acceptors (Lipinski definition) is 5. The summed E-state index contributed by atoms with van der Waals surface area (Å²) in [6.45, 7) is 2.76. The van der Waals surface area contributed by atoms with E-state index in [1.54, 1.807) is 43.1 Å². The largest absolute Gasteiger partial charge is 0.452 e. The first-order chi connectivity index (χ1) is 12.6. The molecule has 2 rings (SSSR count). The van der Waals surface area contributed by atoms with Crippen LogP contribution in [0.3, 0.4) is 0 Å². The summed E-state index contributed by atoms with van der Waals surface area (Å²) in [5.74, 6) is -0.0685. The monoisotopic (exact) mass is 373 g/mol. The van der Waals surface area contributed by atoms with Crippen LogP contribution in [0, 0.1) is 6.92 Å². The SMILES string of the molecule is COCc1ccc(C(=O)OCC(=O)NCCSc2ccc(C)cc2)cc1. The Bertz CT molecular complexity index is 714. The van der Waals surface area contributed by atoms with Gasteiger partial charge in [-0.3, -0.25) is 4.79 Å². The van der Waals surface area contributed by atoms with Crippen molar-refractivity contribution in [3.63, 3.8) is 0 Å². The van der Waals surface area contributed by atoms with Crippen LogP contribution in [0.25, 0.3) is 0 Å². The van der Waals surface area contributed by atoms with E-state index in [0.717, 1.165) is 16.2 Å². The molecule has 2 aromatic carbocycles. The standard InChI is InChI=1S/C20H23NO4S/c1-15-3-9-18(10-4-15)26-12-11-21-19(22)14-25-20(23)17-7-5-16(6-8-17)13-24-2/h3-10H,11-14H2,1-2H3,(H,21,22). The minimum absolute atomic E-state index is 0.284. The summed E-state index contributed by atoms with van der Waals surface area (Å²) in [5, 5.41) is 2.74. The first-order valence-corrected chi connectivity index (χ1v) is 9.28. The molecule has 0 saturated carbocycles. The summed E-state index contributed by atoms with van der Waals surface area (Å²) in [6.07, 6.45) is 0. The van der Waals surface area contributed by atoms with Crippen molar-refractivity contribution < 1.29 is 19.1 Å². The Kier molecular flexibility index (Phi) is 8.18. The van der Waals surface area contributed by atoms with Gasteiger partial charge < -0.3 is 14.8 Å². The van der Waals surface area contributed by atoms with E-state index in [2.05, 4.69) is 29.6 Å². The normalized spacial score (nSPS) is 10.4. The van der Waals surface area contributed by atoms with Crippen LogP contribution in [0.5, 0.6) is 0 Å². The van der Waals surface area contributed by atoms with E-state index < -0.39 is 5.97 Å². The number of esters is 1. The number of ether oxygens (including phenoxy) is 2. The molecule has 1 amide bonds. The van der Waals surface area contributed by atoms with Crippen molar-refractivity contribution >= 4 is 23.6 Å². The Morgan fingerprint density at radius 2 is 1.73 bits per heavy atom. The van der Waals surface area contributed by atoms with Gasteiger partial charge >= 0.3 is 5.97 Å². The number of nitrogens with one attached hydrogen (secondary N) is 1. The Labute approximate surface area is 158 Å². The number of benzene rings is 2. The molecular formula is C20H23NO4S. The van der Waals surface area contributed by atoms with Gasteiger partial charge in [0, 0.05) is 24.3 Å². The number of rotatable bonds is 9. The first-order valence-electron chi connectivity index (χ1n) is 8.29. The molecular weight excluding hydrogens is 350 g/mol. The topological polar surface area (TPSA) is 64.6 Å². The smallest absolute Gasteiger partial charge is 0.338 e. The number of methoxy groups -OCH3 is 1. The second-order valence-electron chi connectivity index (χ2n) is 5.72. The van der Waals surface area contributed by atoms with Crippen LogP contribution in [0.4, 0.5) is 0 Å². The van der Waals surface area contributed by atoms with E-state index in [1.807, 2.05) is 6.92 Å². The van der Waals surface area contributed by atoms with Crippen molar-refractivity contribution in [1.82, 2.24) is 5.32 Å². The number of carbonyl (C=O) groups is 2. The number of aryl methyl sites for hydroxylation is 1. The van der Waals surface area contributed by atoms with E-state index in [-0.39, 0.29) is 12.5 Å². The maximum atomic E-state index is 11.9. The van der Waals surface area contributed by atoms with E-state index in [4.69, 9.17) is 9.47 Å². The average molecular weight is 373 g/mol. The third-order valence-corrected chi connectivity index (χ3v) is 4.56. The van der Waals surface area contributed by atoms with Crippen LogP contribution in [-0.4, -0.2) is 37.9 Å². The Hall–Kier alpha value is -2.31. The molecule has 0 bridgehead atoms. The minimum atomic E-state index is -0.516. The summed E-state index contributed by atoms with van der Waals surface area (Å²) in [6, 6.07) is 15.1. The molecule has 0 saturated heterocycles. The van der Waals surface area contributed by atoms with Gasteiger partial charge in [0.25, 0.3) is 5.91 Å². The molecule has 0 heterocycles. The highest BCUT2D eigenvalue weighted by Gasteiger charge is 2.10. The van der Waals surface area contributed by atoms with Gasteiger partial charge in [0.15, 0.2) is 6.61 Å². The first kappa shape index (κ1) is 20.0. The quantitative estimate of drug-likeness (QED) is 0.415. The molecule has 0 aliphatic heterocycles. The molecule has 0 spiro atoms.